The molecule has 0 N–H and O–H groups in total. The molecule has 1 aromatic carbocycles. The molecule has 0 radical (unpaired) electrons. The number of thiophene rings is 1. The number of rotatable bonds is 3. The summed E-state index contributed by atoms with van der Waals surface area (Å²) in [5.74, 6) is 1.74. The summed E-state index contributed by atoms with van der Waals surface area (Å²) in [4.78, 5) is 22.8. The van der Waals surface area contributed by atoms with E-state index in [1.807, 2.05) is 58.9 Å². The van der Waals surface area contributed by atoms with Crippen LogP contribution in [0.1, 0.15) is 20.8 Å². The molecule has 1 aliphatic rings. The molecular weight excluding hydrogens is 432 g/mol. The van der Waals surface area contributed by atoms with Crippen molar-refractivity contribution in [3.8, 4) is 10.7 Å². The molecule has 9 heteroatoms. The Labute approximate surface area is 189 Å². The predicted octanol–water partition coefficient (Wildman–Crippen LogP) is 4.35. The molecule has 0 unspecified atom stereocenters. The molecule has 4 heterocycles. The van der Waals surface area contributed by atoms with Gasteiger partial charge >= 0.3 is 0 Å². The smallest absolute Gasteiger partial charge is 0.225 e. The normalized spacial score (nSPS) is 17.3. The third kappa shape index (κ3) is 3.43. The highest BCUT2D eigenvalue weighted by Crippen LogP contribution is 2.32. The molecular formula is C22H23ClN6OS. The molecule has 0 aliphatic carbocycles. The average Bonchev–Trinajstić information content (AvgIpc) is 3.42. The van der Waals surface area contributed by atoms with Gasteiger partial charge in [-0.3, -0.25) is 4.79 Å². The lowest BCUT2D eigenvalue weighted by Crippen LogP contribution is -2.55. The van der Waals surface area contributed by atoms with Crippen molar-refractivity contribution in [2.45, 2.75) is 26.8 Å². The van der Waals surface area contributed by atoms with Crippen LogP contribution in [-0.2, 0) is 4.79 Å². The fraction of sp³-hybridized carbons (Fsp3) is 0.364. The minimum atomic E-state index is -0.00933. The summed E-state index contributed by atoms with van der Waals surface area (Å²) in [6, 6.07) is 9.78. The number of carbonyl (C=O) groups excluding carboxylic acids is 1. The van der Waals surface area contributed by atoms with Crippen LogP contribution in [0.5, 0.6) is 0 Å². The molecule has 7 nitrogen and oxygen atoms in total. The van der Waals surface area contributed by atoms with Crippen molar-refractivity contribution in [1.29, 1.82) is 0 Å². The molecule has 4 aromatic rings. The zero-order valence-electron chi connectivity index (χ0n) is 17.6. The Morgan fingerprint density at radius 2 is 2.06 bits per heavy atom. The first-order valence-corrected chi connectivity index (χ1v) is 11.6. The van der Waals surface area contributed by atoms with Gasteiger partial charge in [-0.25, -0.2) is 9.38 Å². The molecule has 5 rings (SSSR count). The van der Waals surface area contributed by atoms with Crippen LogP contribution in [0.2, 0.25) is 5.02 Å². The Morgan fingerprint density at radius 1 is 1.23 bits per heavy atom. The van der Waals surface area contributed by atoms with Crippen molar-refractivity contribution in [3.05, 3.63) is 40.7 Å². The van der Waals surface area contributed by atoms with Gasteiger partial charge in [0.05, 0.1) is 10.4 Å². The van der Waals surface area contributed by atoms with E-state index in [-0.39, 0.29) is 17.9 Å². The molecule has 0 saturated carbocycles. The van der Waals surface area contributed by atoms with Crippen LogP contribution < -0.4 is 4.90 Å². The van der Waals surface area contributed by atoms with E-state index < -0.39 is 0 Å². The number of fused-ring (bicyclic) bond motifs is 3. The summed E-state index contributed by atoms with van der Waals surface area (Å²) in [6.07, 6.45) is 0. The van der Waals surface area contributed by atoms with Crippen LogP contribution in [0.3, 0.4) is 0 Å². The minimum Gasteiger partial charge on any atom is -0.338 e. The predicted molar refractivity (Wildman–Crippen MR) is 125 cm³/mol. The summed E-state index contributed by atoms with van der Waals surface area (Å²) in [7, 11) is 0. The van der Waals surface area contributed by atoms with Crippen LogP contribution in [0.15, 0.2) is 35.7 Å². The number of benzene rings is 1. The van der Waals surface area contributed by atoms with Gasteiger partial charge in [0.25, 0.3) is 0 Å². The van der Waals surface area contributed by atoms with Crippen LogP contribution in [-0.4, -0.2) is 56.1 Å². The highest BCUT2D eigenvalue weighted by Gasteiger charge is 2.31. The van der Waals surface area contributed by atoms with E-state index in [1.165, 1.54) is 0 Å². The molecule has 1 fully saturated rings. The Hall–Kier alpha value is -2.71. The van der Waals surface area contributed by atoms with Gasteiger partial charge in [-0.15, -0.1) is 21.5 Å². The first-order chi connectivity index (χ1) is 14.9. The maximum atomic E-state index is 12.6. The van der Waals surface area contributed by atoms with Crippen LogP contribution in [0.25, 0.3) is 27.3 Å². The standard InChI is InChI=1S/C22H23ClN6OS/c1-13(2)21(30)28-9-8-27(12-14(28)3)22-24-17-11-15(23)6-7-16(17)19-25-26-20(29(19)22)18-5-4-10-31-18/h4-7,10-11,13-14H,8-9,12H2,1-3H3/t14-/m0/s1. The number of piperazine rings is 1. The van der Waals surface area contributed by atoms with Gasteiger partial charge in [0, 0.05) is 42.0 Å². The van der Waals surface area contributed by atoms with E-state index in [2.05, 4.69) is 22.0 Å². The molecule has 1 saturated heterocycles. The molecule has 1 aliphatic heterocycles. The van der Waals surface area contributed by atoms with Gasteiger partial charge in [-0.2, -0.15) is 0 Å². The van der Waals surface area contributed by atoms with E-state index in [0.717, 1.165) is 33.2 Å². The SMILES string of the molecule is CC(C)C(=O)N1CCN(c2nc3cc(Cl)ccc3c3nnc(-c4cccs4)n23)C[C@@H]1C. The summed E-state index contributed by atoms with van der Waals surface area (Å²) >= 11 is 7.89. The van der Waals surface area contributed by atoms with Crippen molar-refractivity contribution in [2.24, 2.45) is 5.92 Å². The number of amides is 1. The second-order valence-corrected chi connectivity index (χ2v) is 9.60. The molecule has 160 valence electrons. The second-order valence-electron chi connectivity index (χ2n) is 8.21. The van der Waals surface area contributed by atoms with Crippen LogP contribution in [0.4, 0.5) is 5.95 Å². The fourth-order valence-corrected chi connectivity index (χ4v) is 5.03. The van der Waals surface area contributed by atoms with Gasteiger partial charge < -0.3 is 9.80 Å². The lowest BCUT2D eigenvalue weighted by atomic mass is 10.1. The van der Waals surface area contributed by atoms with Gasteiger partial charge in [-0.05, 0) is 36.6 Å². The lowest BCUT2D eigenvalue weighted by molar-refractivity contribution is -0.136. The van der Waals surface area contributed by atoms with E-state index >= 15 is 0 Å². The topological polar surface area (TPSA) is 66.6 Å². The monoisotopic (exact) mass is 454 g/mol. The minimum absolute atomic E-state index is 0.00933. The molecule has 1 amide bonds. The number of halogens is 1. The lowest BCUT2D eigenvalue weighted by Gasteiger charge is -2.41. The highest BCUT2D eigenvalue weighted by molar-refractivity contribution is 7.13. The van der Waals surface area contributed by atoms with E-state index in [1.54, 1.807) is 11.3 Å². The van der Waals surface area contributed by atoms with Crippen molar-refractivity contribution in [3.63, 3.8) is 0 Å². The molecule has 0 spiro atoms. The number of nitrogens with zero attached hydrogens (tertiary/aromatic N) is 6. The number of hydrogen-bond acceptors (Lipinski definition) is 6. The van der Waals surface area contributed by atoms with Crippen molar-refractivity contribution < 1.29 is 4.79 Å². The first kappa shape index (κ1) is 20.2. The summed E-state index contributed by atoms with van der Waals surface area (Å²) < 4.78 is 2.04. The fourth-order valence-electron chi connectivity index (χ4n) is 4.17. The van der Waals surface area contributed by atoms with Gasteiger partial charge in [-0.1, -0.05) is 31.5 Å². The Kier molecular flexibility index (Phi) is 5.06. The number of aromatic nitrogens is 4. The second kappa shape index (κ2) is 7.76. The zero-order valence-corrected chi connectivity index (χ0v) is 19.2. The third-order valence-corrected chi connectivity index (χ3v) is 6.81. The summed E-state index contributed by atoms with van der Waals surface area (Å²) in [5.41, 5.74) is 1.54. The van der Waals surface area contributed by atoms with Crippen molar-refractivity contribution in [2.75, 3.05) is 24.5 Å². The average molecular weight is 455 g/mol. The largest absolute Gasteiger partial charge is 0.338 e. The van der Waals surface area contributed by atoms with Gasteiger partial charge in [0.15, 0.2) is 11.5 Å². The maximum Gasteiger partial charge on any atom is 0.225 e. The van der Waals surface area contributed by atoms with E-state index in [9.17, 15) is 4.79 Å². The number of hydrogen-bond donors (Lipinski definition) is 0. The van der Waals surface area contributed by atoms with Crippen molar-refractivity contribution in [1.82, 2.24) is 24.5 Å². The third-order valence-electron chi connectivity index (χ3n) is 5.71. The van der Waals surface area contributed by atoms with Gasteiger partial charge in [0.2, 0.25) is 11.9 Å². The van der Waals surface area contributed by atoms with Gasteiger partial charge in [0.1, 0.15) is 0 Å². The Morgan fingerprint density at radius 3 is 2.77 bits per heavy atom. The first-order valence-electron chi connectivity index (χ1n) is 10.4. The molecule has 31 heavy (non-hydrogen) atoms. The number of carbonyl (C=O) groups is 1. The Bertz CT molecular complexity index is 1270. The molecule has 1 atom stereocenters. The zero-order chi connectivity index (χ0) is 21.7. The van der Waals surface area contributed by atoms with E-state index in [4.69, 9.17) is 16.6 Å². The van der Waals surface area contributed by atoms with Crippen LogP contribution >= 0.6 is 22.9 Å². The summed E-state index contributed by atoms with van der Waals surface area (Å²) in [5, 5.41) is 12.6. The Balaban J connectivity index is 1.65. The highest BCUT2D eigenvalue weighted by atomic mass is 35.5. The van der Waals surface area contributed by atoms with Crippen molar-refractivity contribution >= 4 is 51.3 Å². The van der Waals surface area contributed by atoms with E-state index in [0.29, 0.717) is 24.7 Å². The number of anilines is 1. The van der Waals surface area contributed by atoms with Crippen LogP contribution in [0, 0.1) is 5.92 Å². The molecule has 3 aromatic heterocycles. The maximum absolute atomic E-state index is 12.6. The quantitative estimate of drug-likeness (QED) is 0.460. The summed E-state index contributed by atoms with van der Waals surface area (Å²) in [6.45, 7) is 8.03. The molecule has 0 bridgehead atoms.